The standard InChI is InChI=1S/C14H15N5O3S2/c1-2-22-12(20)10-8(6-24-14-15-7-16-19-14)17-13(21)18-11(10)9-4-3-5-23-9/h3-5,7,11H,2,6H2,1H3,(H,15,16,19)(H2,17,18,21)/t11-/m1/s1. The van der Waals surface area contributed by atoms with E-state index in [1.54, 1.807) is 6.92 Å². The minimum absolute atomic E-state index is 0.260. The fraction of sp³-hybridized carbons (Fsp3) is 0.286. The monoisotopic (exact) mass is 365 g/mol. The van der Waals surface area contributed by atoms with Gasteiger partial charge in [0.25, 0.3) is 0 Å². The predicted octanol–water partition coefficient (Wildman–Crippen LogP) is 1.83. The quantitative estimate of drug-likeness (QED) is 0.532. The van der Waals surface area contributed by atoms with Gasteiger partial charge in [-0.3, -0.25) is 5.10 Å². The van der Waals surface area contributed by atoms with Gasteiger partial charge in [0.1, 0.15) is 6.33 Å². The second-order valence-corrected chi connectivity index (χ2v) is 6.68. The van der Waals surface area contributed by atoms with Crippen LogP contribution < -0.4 is 10.6 Å². The van der Waals surface area contributed by atoms with E-state index in [2.05, 4.69) is 25.8 Å². The number of rotatable bonds is 6. The van der Waals surface area contributed by atoms with Crippen molar-refractivity contribution in [3.8, 4) is 0 Å². The molecule has 3 N–H and O–H groups in total. The zero-order valence-electron chi connectivity index (χ0n) is 12.7. The molecule has 2 amide bonds. The number of carbonyl (C=O) groups is 2. The zero-order chi connectivity index (χ0) is 16.9. The van der Waals surface area contributed by atoms with E-state index in [0.29, 0.717) is 22.2 Å². The highest BCUT2D eigenvalue weighted by molar-refractivity contribution is 7.99. The van der Waals surface area contributed by atoms with E-state index in [0.717, 1.165) is 4.88 Å². The average molecular weight is 365 g/mol. The summed E-state index contributed by atoms with van der Waals surface area (Å²) in [5.74, 6) is -0.0879. The minimum atomic E-state index is -0.525. The van der Waals surface area contributed by atoms with Crippen molar-refractivity contribution < 1.29 is 14.3 Å². The first-order chi connectivity index (χ1) is 11.7. The fourth-order valence-corrected chi connectivity index (χ4v) is 3.79. The molecule has 0 spiro atoms. The van der Waals surface area contributed by atoms with Crippen molar-refractivity contribution in [2.75, 3.05) is 12.4 Å². The highest BCUT2D eigenvalue weighted by Crippen LogP contribution is 2.32. The van der Waals surface area contributed by atoms with E-state index in [9.17, 15) is 9.59 Å². The molecule has 2 aromatic rings. The van der Waals surface area contributed by atoms with Crippen molar-refractivity contribution >= 4 is 35.1 Å². The van der Waals surface area contributed by atoms with Gasteiger partial charge in [-0.2, -0.15) is 5.10 Å². The third-order valence-corrected chi connectivity index (χ3v) is 5.06. The van der Waals surface area contributed by atoms with Crippen molar-refractivity contribution in [2.24, 2.45) is 0 Å². The fourth-order valence-electron chi connectivity index (χ4n) is 2.25. The number of thiophene rings is 1. The van der Waals surface area contributed by atoms with E-state index in [1.807, 2.05) is 17.5 Å². The van der Waals surface area contributed by atoms with Crippen LogP contribution in [0.15, 0.2) is 40.3 Å². The summed E-state index contributed by atoms with van der Waals surface area (Å²) < 4.78 is 5.18. The van der Waals surface area contributed by atoms with Crippen molar-refractivity contribution in [1.82, 2.24) is 25.8 Å². The van der Waals surface area contributed by atoms with Crippen LogP contribution in [0.3, 0.4) is 0 Å². The molecule has 126 valence electrons. The number of thioether (sulfide) groups is 1. The lowest BCUT2D eigenvalue weighted by atomic mass is 10.0. The topological polar surface area (TPSA) is 109 Å². The molecule has 3 heterocycles. The van der Waals surface area contributed by atoms with Gasteiger partial charge in [-0.05, 0) is 18.4 Å². The normalized spacial score (nSPS) is 17.4. The van der Waals surface area contributed by atoms with Crippen LogP contribution in [0, 0.1) is 0 Å². The van der Waals surface area contributed by atoms with Gasteiger partial charge in [-0.15, -0.1) is 11.3 Å². The van der Waals surface area contributed by atoms with E-state index >= 15 is 0 Å². The Hall–Kier alpha value is -2.33. The predicted molar refractivity (Wildman–Crippen MR) is 89.5 cm³/mol. The van der Waals surface area contributed by atoms with Crippen LogP contribution in [0.25, 0.3) is 0 Å². The van der Waals surface area contributed by atoms with Gasteiger partial charge in [0.15, 0.2) is 5.16 Å². The summed E-state index contributed by atoms with van der Waals surface area (Å²) >= 11 is 2.81. The molecular weight excluding hydrogens is 350 g/mol. The molecule has 1 atom stereocenters. The molecule has 3 rings (SSSR count). The second kappa shape index (κ2) is 7.49. The maximum absolute atomic E-state index is 12.5. The maximum Gasteiger partial charge on any atom is 0.338 e. The number of esters is 1. The number of carbonyl (C=O) groups excluding carboxylic acids is 2. The number of aromatic amines is 1. The summed E-state index contributed by atoms with van der Waals surface area (Å²) in [6.45, 7) is 2.01. The summed E-state index contributed by atoms with van der Waals surface area (Å²) in [7, 11) is 0. The first-order valence-corrected chi connectivity index (χ1v) is 9.04. The molecular formula is C14H15N5O3S2. The Morgan fingerprint density at radius 1 is 1.50 bits per heavy atom. The van der Waals surface area contributed by atoms with Crippen molar-refractivity contribution in [2.45, 2.75) is 18.1 Å². The average Bonchev–Trinajstić information content (AvgIpc) is 3.26. The largest absolute Gasteiger partial charge is 0.463 e. The number of ether oxygens (including phenoxy) is 1. The third-order valence-electron chi connectivity index (χ3n) is 3.22. The van der Waals surface area contributed by atoms with E-state index in [-0.39, 0.29) is 12.6 Å². The van der Waals surface area contributed by atoms with Crippen LogP contribution in [-0.4, -0.2) is 39.5 Å². The molecule has 24 heavy (non-hydrogen) atoms. The number of hydrogen-bond acceptors (Lipinski definition) is 7. The Bertz CT molecular complexity index is 743. The number of urea groups is 1. The van der Waals surface area contributed by atoms with Gasteiger partial charge in [-0.1, -0.05) is 17.8 Å². The Morgan fingerprint density at radius 3 is 3.04 bits per heavy atom. The maximum atomic E-state index is 12.5. The van der Waals surface area contributed by atoms with Crippen molar-refractivity contribution in [3.63, 3.8) is 0 Å². The molecule has 2 aromatic heterocycles. The number of amides is 2. The van der Waals surface area contributed by atoms with Crippen molar-refractivity contribution in [1.29, 1.82) is 0 Å². The van der Waals surface area contributed by atoms with Gasteiger partial charge < -0.3 is 15.4 Å². The smallest absolute Gasteiger partial charge is 0.338 e. The molecule has 0 saturated heterocycles. The van der Waals surface area contributed by atoms with E-state index in [4.69, 9.17) is 4.74 Å². The summed E-state index contributed by atoms with van der Waals surface area (Å²) in [5.41, 5.74) is 0.919. The van der Waals surface area contributed by atoms with Crippen LogP contribution in [-0.2, 0) is 9.53 Å². The zero-order valence-corrected chi connectivity index (χ0v) is 14.4. The van der Waals surface area contributed by atoms with Crippen LogP contribution >= 0.6 is 23.1 Å². The molecule has 10 heteroatoms. The molecule has 0 unspecified atom stereocenters. The number of nitrogens with zero attached hydrogens (tertiary/aromatic N) is 2. The summed E-state index contributed by atoms with van der Waals surface area (Å²) in [6.07, 6.45) is 1.40. The second-order valence-electron chi connectivity index (χ2n) is 4.74. The molecule has 0 aliphatic carbocycles. The molecule has 0 saturated carbocycles. The van der Waals surface area contributed by atoms with Gasteiger partial charge in [-0.25, -0.2) is 14.6 Å². The first kappa shape index (κ1) is 16.5. The lowest BCUT2D eigenvalue weighted by molar-refractivity contribution is -0.139. The number of H-pyrrole nitrogens is 1. The Labute approximate surface area is 146 Å². The lowest BCUT2D eigenvalue weighted by Crippen LogP contribution is -2.46. The molecule has 1 aliphatic heterocycles. The van der Waals surface area contributed by atoms with Crippen LogP contribution in [0.4, 0.5) is 4.79 Å². The minimum Gasteiger partial charge on any atom is -0.463 e. The molecule has 0 radical (unpaired) electrons. The number of hydrogen-bond donors (Lipinski definition) is 3. The van der Waals surface area contributed by atoms with Gasteiger partial charge in [0.2, 0.25) is 0 Å². The SMILES string of the molecule is CCOC(=O)C1=C(CSc2ncn[nH]2)NC(=O)N[C@@H]1c1cccs1. The molecule has 0 bridgehead atoms. The molecule has 0 aromatic carbocycles. The van der Waals surface area contributed by atoms with Gasteiger partial charge in [0.05, 0.1) is 18.2 Å². The van der Waals surface area contributed by atoms with Gasteiger partial charge >= 0.3 is 12.0 Å². The Morgan fingerprint density at radius 2 is 2.38 bits per heavy atom. The first-order valence-electron chi connectivity index (χ1n) is 7.18. The van der Waals surface area contributed by atoms with Crippen LogP contribution in [0.5, 0.6) is 0 Å². The highest BCUT2D eigenvalue weighted by atomic mass is 32.2. The number of nitrogens with one attached hydrogen (secondary N) is 3. The van der Waals surface area contributed by atoms with Crippen LogP contribution in [0.2, 0.25) is 0 Å². The summed E-state index contributed by atoms with van der Waals surface area (Å²) in [5, 5.41) is 14.5. The van der Waals surface area contributed by atoms with Gasteiger partial charge in [0, 0.05) is 16.3 Å². The van der Waals surface area contributed by atoms with Crippen LogP contribution in [0.1, 0.15) is 17.8 Å². The number of aromatic nitrogens is 3. The summed E-state index contributed by atoms with van der Waals surface area (Å²) in [4.78, 5) is 29.4. The Kier molecular flexibility index (Phi) is 5.16. The van der Waals surface area contributed by atoms with Crippen molar-refractivity contribution in [3.05, 3.63) is 40.0 Å². The Balaban J connectivity index is 1.93. The lowest BCUT2D eigenvalue weighted by Gasteiger charge is -2.28. The molecule has 8 nitrogen and oxygen atoms in total. The third kappa shape index (κ3) is 3.60. The van der Waals surface area contributed by atoms with E-state index in [1.165, 1.54) is 29.4 Å². The molecule has 0 fully saturated rings. The highest BCUT2D eigenvalue weighted by Gasteiger charge is 2.34. The summed E-state index contributed by atoms with van der Waals surface area (Å²) in [6, 6.07) is 2.87. The van der Waals surface area contributed by atoms with E-state index < -0.39 is 12.0 Å². The molecule has 1 aliphatic rings.